The molecule has 2 N–H and O–H groups in total. The number of amides is 1. The summed E-state index contributed by atoms with van der Waals surface area (Å²) in [7, 11) is -3.31. The van der Waals surface area contributed by atoms with Crippen LogP contribution in [0.1, 0.15) is 32.1 Å². The lowest BCUT2D eigenvalue weighted by atomic mass is 9.89. The highest BCUT2D eigenvalue weighted by molar-refractivity contribution is 7.90. The molecule has 2 bridgehead atoms. The monoisotopic (exact) mass is 395 g/mol. The molecular weight excluding hydrogens is 373 g/mol. The molecule has 1 aromatic heterocycles. The van der Waals surface area contributed by atoms with Crippen molar-refractivity contribution in [1.29, 1.82) is 0 Å². The van der Waals surface area contributed by atoms with Crippen molar-refractivity contribution < 1.29 is 13.2 Å². The Balaban J connectivity index is 0.00000144. The van der Waals surface area contributed by atoms with Gasteiger partial charge in [-0.1, -0.05) is 0 Å². The number of carbonyl (C=O) groups is 1. The fraction of sp³-hybridized carbons (Fsp3) is 0.600. The molecule has 136 valence electrons. The fourth-order valence-corrected chi connectivity index (χ4v) is 4.05. The summed E-state index contributed by atoms with van der Waals surface area (Å²) in [4.78, 5) is 16.0. The largest absolute Gasteiger partial charge is 0.325 e. The van der Waals surface area contributed by atoms with Crippen LogP contribution in [-0.4, -0.2) is 37.6 Å². The van der Waals surface area contributed by atoms with E-state index in [1.54, 1.807) is 6.07 Å². The number of aromatic nitrogens is 1. The molecule has 0 radical (unpaired) electrons. The minimum atomic E-state index is -3.31. The van der Waals surface area contributed by atoms with Crippen LogP contribution in [0.2, 0.25) is 0 Å². The second-order valence-corrected chi connectivity index (χ2v) is 8.35. The predicted octanol–water partition coefficient (Wildman–Crippen LogP) is 2.19. The van der Waals surface area contributed by atoms with Gasteiger partial charge in [-0.2, -0.15) is 0 Å². The average molecular weight is 396 g/mol. The summed E-state index contributed by atoms with van der Waals surface area (Å²) in [6.07, 6.45) is 7.59. The standard InChI is InChI=1S/C15H21N3O3S.2ClH/c1-22(20,21)15-5-4-13(9-16-15)18-14(19)8-10-6-11-2-3-12(7-10)17-11;;/h4-5,9-12,17H,2-3,6-8H2,1H3,(H,18,19);2*1H. The lowest BCUT2D eigenvalue weighted by molar-refractivity contribution is -0.117. The Hall–Kier alpha value is -0.890. The van der Waals surface area contributed by atoms with E-state index in [0.29, 0.717) is 30.1 Å². The van der Waals surface area contributed by atoms with Gasteiger partial charge in [-0.25, -0.2) is 13.4 Å². The number of nitrogens with one attached hydrogen (secondary N) is 2. The lowest BCUT2D eigenvalue weighted by Gasteiger charge is -2.28. The zero-order valence-corrected chi connectivity index (χ0v) is 15.8. The van der Waals surface area contributed by atoms with Gasteiger partial charge >= 0.3 is 0 Å². The number of piperidine rings is 1. The van der Waals surface area contributed by atoms with E-state index in [0.717, 1.165) is 19.1 Å². The van der Waals surface area contributed by atoms with Crippen molar-refractivity contribution in [2.24, 2.45) is 5.92 Å². The third-order valence-electron chi connectivity index (χ3n) is 4.44. The smallest absolute Gasteiger partial charge is 0.224 e. The van der Waals surface area contributed by atoms with Crippen LogP contribution in [0.25, 0.3) is 0 Å². The number of hydrogen-bond donors (Lipinski definition) is 2. The van der Waals surface area contributed by atoms with Crippen molar-refractivity contribution in [3.05, 3.63) is 18.3 Å². The Morgan fingerprint density at radius 2 is 1.88 bits per heavy atom. The fourth-order valence-electron chi connectivity index (χ4n) is 3.49. The maximum atomic E-state index is 12.1. The number of pyridine rings is 1. The van der Waals surface area contributed by atoms with Crippen LogP contribution >= 0.6 is 24.8 Å². The number of carbonyl (C=O) groups excluding carboxylic acids is 1. The molecular formula is C15H23Cl2N3O3S. The molecule has 2 aliphatic rings. The Labute approximate surface area is 154 Å². The van der Waals surface area contributed by atoms with Gasteiger partial charge in [0.25, 0.3) is 0 Å². The molecule has 0 spiro atoms. The van der Waals surface area contributed by atoms with Crippen LogP contribution in [0, 0.1) is 5.92 Å². The Bertz CT molecular complexity index is 655. The maximum absolute atomic E-state index is 12.1. The first-order valence-corrected chi connectivity index (χ1v) is 9.51. The zero-order valence-electron chi connectivity index (χ0n) is 13.4. The van der Waals surface area contributed by atoms with Crippen molar-refractivity contribution in [2.75, 3.05) is 11.6 Å². The maximum Gasteiger partial charge on any atom is 0.224 e. The summed E-state index contributed by atoms with van der Waals surface area (Å²) in [6.45, 7) is 0. The molecule has 0 aliphatic carbocycles. The van der Waals surface area contributed by atoms with Crippen molar-refractivity contribution in [1.82, 2.24) is 10.3 Å². The molecule has 3 heterocycles. The molecule has 2 saturated heterocycles. The molecule has 2 fully saturated rings. The second kappa shape index (κ2) is 8.47. The van der Waals surface area contributed by atoms with Crippen LogP contribution in [0.15, 0.2) is 23.4 Å². The van der Waals surface area contributed by atoms with Crippen LogP contribution in [0.3, 0.4) is 0 Å². The Morgan fingerprint density at radius 3 is 2.38 bits per heavy atom. The third kappa shape index (κ3) is 5.31. The van der Waals surface area contributed by atoms with Crippen LogP contribution in [0.5, 0.6) is 0 Å². The summed E-state index contributed by atoms with van der Waals surface area (Å²) >= 11 is 0. The van der Waals surface area contributed by atoms with E-state index in [1.165, 1.54) is 25.1 Å². The molecule has 1 aromatic rings. The molecule has 2 aliphatic heterocycles. The van der Waals surface area contributed by atoms with E-state index < -0.39 is 9.84 Å². The normalized spacial score (nSPS) is 25.3. The van der Waals surface area contributed by atoms with Crippen molar-refractivity contribution in [3.63, 3.8) is 0 Å². The second-order valence-electron chi connectivity index (χ2n) is 6.38. The van der Waals surface area contributed by atoms with Crippen molar-refractivity contribution in [3.8, 4) is 0 Å². The Morgan fingerprint density at radius 1 is 1.25 bits per heavy atom. The van der Waals surface area contributed by atoms with E-state index in [1.807, 2.05) is 0 Å². The molecule has 6 nitrogen and oxygen atoms in total. The number of hydrogen-bond acceptors (Lipinski definition) is 5. The third-order valence-corrected chi connectivity index (χ3v) is 5.45. The lowest BCUT2D eigenvalue weighted by Crippen LogP contribution is -2.39. The summed E-state index contributed by atoms with van der Waals surface area (Å²) < 4.78 is 22.7. The van der Waals surface area contributed by atoms with Gasteiger partial charge in [0.05, 0.1) is 11.9 Å². The van der Waals surface area contributed by atoms with Gasteiger partial charge in [0.1, 0.15) is 0 Å². The highest BCUT2D eigenvalue weighted by atomic mass is 35.5. The molecule has 1 amide bonds. The number of sulfone groups is 1. The number of halogens is 2. The first kappa shape index (κ1) is 21.2. The molecule has 0 aromatic carbocycles. The summed E-state index contributed by atoms with van der Waals surface area (Å²) in [5, 5.41) is 6.38. The van der Waals surface area contributed by atoms with Gasteiger partial charge in [-0.15, -0.1) is 24.8 Å². The Kier molecular flexibility index (Phi) is 7.46. The van der Waals surface area contributed by atoms with Crippen LogP contribution in [-0.2, 0) is 14.6 Å². The number of rotatable bonds is 4. The van der Waals surface area contributed by atoms with E-state index in [9.17, 15) is 13.2 Å². The minimum absolute atomic E-state index is 0. The van der Waals surface area contributed by atoms with Crippen molar-refractivity contribution in [2.45, 2.75) is 49.2 Å². The number of anilines is 1. The average Bonchev–Trinajstić information content (AvgIpc) is 2.77. The van der Waals surface area contributed by atoms with Crippen LogP contribution in [0.4, 0.5) is 5.69 Å². The van der Waals surface area contributed by atoms with Gasteiger partial charge in [-0.05, 0) is 43.7 Å². The highest BCUT2D eigenvalue weighted by Gasteiger charge is 2.34. The van der Waals surface area contributed by atoms with E-state index in [4.69, 9.17) is 0 Å². The summed E-state index contributed by atoms with van der Waals surface area (Å²) in [6, 6.07) is 4.14. The topological polar surface area (TPSA) is 88.2 Å². The molecule has 9 heteroatoms. The van der Waals surface area contributed by atoms with E-state index in [-0.39, 0.29) is 35.7 Å². The number of fused-ring (bicyclic) bond motifs is 2. The van der Waals surface area contributed by atoms with Gasteiger partial charge in [-0.3, -0.25) is 4.79 Å². The molecule has 24 heavy (non-hydrogen) atoms. The van der Waals surface area contributed by atoms with Crippen molar-refractivity contribution >= 4 is 46.2 Å². The first-order chi connectivity index (χ1) is 10.4. The van der Waals surface area contributed by atoms with Gasteiger partial charge in [0.15, 0.2) is 14.9 Å². The highest BCUT2D eigenvalue weighted by Crippen LogP contribution is 2.32. The van der Waals surface area contributed by atoms with Gasteiger partial charge < -0.3 is 10.6 Å². The van der Waals surface area contributed by atoms with E-state index in [2.05, 4.69) is 15.6 Å². The SMILES string of the molecule is CS(=O)(=O)c1ccc(NC(=O)CC2CC3CCC(C2)N3)cn1.Cl.Cl. The van der Waals surface area contributed by atoms with Gasteiger partial charge in [0.2, 0.25) is 5.91 Å². The number of nitrogens with zero attached hydrogens (tertiary/aromatic N) is 1. The molecule has 2 atom stereocenters. The summed E-state index contributed by atoms with van der Waals surface area (Å²) in [5.74, 6) is 0.405. The predicted molar refractivity (Wildman–Crippen MR) is 97.8 cm³/mol. The summed E-state index contributed by atoms with van der Waals surface area (Å²) in [5.41, 5.74) is 0.536. The van der Waals surface area contributed by atoms with Gasteiger partial charge in [0, 0.05) is 24.8 Å². The molecule has 3 rings (SSSR count). The zero-order chi connectivity index (χ0) is 15.7. The van der Waals surface area contributed by atoms with E-state index >= 15 is 0 Å². The molecule has 2 unspecified atom stereocenters. The first-order valence-electron chi connectivity index (χ1n) is 7.62. The minimum Gasteiger partial charge on any atom is -0.325 e. The van der Waals surface area contributed by atoms with Crippen LogP contribution < -0.4 is 10.6 Å². The molecule has 0 saturated carbocycles. The quantitative estimate of drug-likeness (QED) is 0.815.